The molecule has 0 aliphatic rings. The molecule has 1 aromatic rings. The fourth-order valence-electron chi connectivity index (χ4n) is 1.25. The first kappa shape index (κ1) is 11.7. The van der Waals surface area contributed by atoms with Crippen molar-refractivity contribution >= 4 is 5.91 Å². The largest absolute Gasteiger partial charge is 0.347 e. The summed E-state index contributed by atoms with van der Waals surface area (Å²) in [4.78, 5) is 17.1. The molecule has 1 aromatic heterocycles. The van der Waals surface area contributed by atoms with Gasteiger partial charge in [0.15, 0.2) is 0 Å². The van der Waals surface area contributed by atoms with E-state index in [2.05, 4.69) is 10.3 Å². The summed E-state index contributed by atoms with van der Waals surface area (Å²) < 4.78 is 0. The number of nitrogens with zero attached hydrogens (tertiary/aromatic N) is 2. The molecule has 82 valence electrons. The van der Waals surface area contributed by atoms with Crippen molar-refractivity contribution in [2.75, 3.05) is 14.1 Å². The van der Waals surface area contributed by atoms with Crippen molar-refractivity contribution in [3.63, 3.8) is 0 Å². The molecule has 0 radical (unpaired) electrons. The number of nitrogens with one attached hydrogen (secondary N) is 1. The van der Waals surface area contributed by atoms with Crippen LogP contribution in [0.2, 0.25) is 0 Å². The van der Waals surface area contributed by atoms with Gasteiger partial charge in [0.25, 0.3) is 0 Å². The number of carbonyl (C=O) groups is 1. The monoisotopic (exact) mass is 207 g/mol. The Morgan fingerprint density at radius 2 is 2.33 bits per heavy atom. The fraction of sp³-hybridized carbons (Fsp3) is 0.455. The Hall–Kier alpha value is -1.42. The molecule has 0 fully saturated rings. The van der Waals surface area contributed by atoms with Crippen molar-refractivity contribution in [1.82, 2.24) is 15.2 Å². The maximum Gasteiger partial charge on any atom is 0.238 e. The van der Waals surface area contributed by atoms with Gasteiger partial charge >= 0.3 is 0 Å². The minimum Gasteiger partial charge on any atom is -0.347 e. The Bertz CT molecular complexity index is 311. The molecule has 0 unspecified atom stereocenters. The van der Waals surface area contributed by atoms with E-state index in [9.17, 15) is 4.79 Å². The van der Waals surface area contributed by atoms with Crippen molar-refractivity contribution in [3.8, 4) is 0 Å². The van der Waals surface area contributed by atoms with Crippen molar-refractivity contribution < 1.29 is 4.79 Å². The topological polar surface area (TPSA) is 45.2 Å². The van der Waals surface area contributed by atoms with Crippen molar-refractivity contribution in [1.29, 1.82) is 0 Å². The lowest BCUT2D eigenvalue weighted by Crippen LogP contribution is -2.41. The van der Waals surface area contributed by atoms with Crippen molar-refractivity contribution in [3.05, 3.63) is 30.1 Å². The van der Waals surface area contributed by atoms with E-state index in [0.29, 0.717) is 6.54 Å². The molecule has 15 heavy (non-hydrogen) atoms. The smallest absolute Gasteiger partial charge is 0.238 e. The summed E-state index contributed by atoms with van der Waals surface area (Å²) in [5.41, 5.74) is 1.08. The van der Waals surface area contributed by atoms with Crippen LogP contribution in [0.15, 0.2) is 24.5 Å². The first-order chi connectivity index (χ1) is 7.11. The molecule has 0 aliphatic carbocycles. The van der Waals surface area contributed by atoms with Crippen LogP contribution in [0.1, 0.15) is 12.5 Å². The second-order valence-corrected chi connectivity index (χ2v) is 3.70. The number of pyridine rings is 1. The number of hydrogen-bond donors (Lipinski definition) is 1. The van der Waals surface area contributed by atoms with Gasteiger partial charge in [-0.25, -0.2) is 0 Å². The second-order valence-electron chi connectivity index (χ2n) is 3.70. The van der Waals surface area contributed by atoms with E-state index in [1.54, 1.807) is 31.4 Å². The molecule has 0 aliphatic heterocycles. The molecular formula is C11H17N3O. The third kappa shape index (κ3) is 3.67. The Morgan fingerprint density at radius 1 is 1.60 bits per heavy atom. The quantitative estimate of drug-likeness (QED) is 0.788. The van der Waals surface area contributed by atoms with E-state index in [-0.39, 0.29) is 11.9 Å². The van der Waals surface area contributed by atoms with Gasteiger partial charge in [0.2, 0.25) is 5.91 Å². The van der Waals surface area contributed by atoms with Gasteiger partial charge in [0.05, 0.1) is 6.04 Å². The number of likely N-dealkylation sites (N-methyl/N-ethyl adjacent to an activating group) is 1. The Morgan fingerprint density at radius 3 is 2.87 bits per heavy atom. The highest BCUT2D eigenvalue weighted by atomic mass is 16.2. The normalized spacial score (nSPS) is 12.2. The minimum atomic E-state index is -0.166. The molecule has 0 saturated carbocycles. The van der Waals surface area contributed by atoms with Gasteiger partial charge in [0.1, 0.15) is 0 Å². The average Bonchev–Trinajstić information content (AvgIpc) is 2.26. The Labute approximate surface area is 90.3 Å². The van der Waals surface area contributed by atoms with Gasteiger partial charge in [-0.2, -0.15) is 0 Å². The molecule has 4 heteroatoms. The van der Waals surface area contributed by atoms with Crippen LogP contribution in [0.3, 0.4) is 0 Å². The number of amides is 1. The van der Waals surface area contributed by atoms with E-state index in [1.807, 2.05) is 19.1 Å². The summed E-state index contributed by atoms with van der Waals surface area (Å²) in [6.45, 7) is 2.52. The number of rotatable bonds is 4. The van der Waals surface area contributed by atoms with Crippen LogP contribution in [0, 0.1) is 0 Å². The van der Waals surface area contributed by atoms with E-state index in [0.717, 1.165) is 5.56 Å². The summed E-state index contributed by atoms with van der Waals surface area (Å²) in [5.74, 6) is 0.0823. The van der Waals surface area contributed by atoms with Gasteiger partial charge in [0, 0.05) is 33.0 Å². The highest BCUT2D eigenvalue weighted by Gasteiger charge is 2.13. The lowest BCUT2D eigenvalue weighted by atomic mass is 10.2. The van der Waals surface area contributed by atoms with E-state index >= 15 is 0 Å². The molecule has 0 spiro atoms. The fourth-order valence-corrected chi connectivity index (χ4v) is 1.25. The maximum atomic E-state index is 11.5. The van der Waals surface area contributed by atoms with Crippen molar-refractivity contribution in [2.45, 2.75) is 19.5 Å². The standard InChI is InChI=1S/C11H17N3O/c1-9(11(15)14(2)3)13-8-10-5-4-6-12-7-10/h4-7,9,13H,8H2,1-3H3/t9-/m1/s1. The van der Waals surface area contributed by atoms with Crippen molar-refractivity contribution in [2.24, 2.45) is 0 Å². The molecule has 0 saturated heterocycles. The summed E-state index contributed by atoms with van der Waals surface area (Å²) in [7, 11) is 3.51. The molecule has 1 rings (SSSR count). The lowest BCUT2D eigenvalue weighted by molar-refractivity contribution is -0.130. The van der Waals surface area contributed by atoms with E-state index in [4.69, 9.17) is 0 Å². The maximum absolute atomic E-state index is 11.5. The zero-order valence-electron chi connectivity index (χ0n) is 9.40. The van der Waals surface area contributed by atoms with Gasteiger partial charge < -0.3 is 10.2 Å². The minimum absolute atomic E-state index is 0.0823. The zero-order valence-corrected chi connectivity index (χ0v) is 9.40. The van der Waals surface area contributed by atoms with Crippen LogP contribution in [-0.2, 0) is 11.3 Å². The molecule has 1 heterocycles. The molecular weight excluding hydrogens is 190 g/mol. The summed E-state index contributed by atoms with van der Waals surface area (Å²) >= 11 is 0. The van der Waals surface area contributed by atoms with Crippen LogP contribution in [0.25, 0.3) is 0 Å². The molecule has 1 amide bonds. The van der Waals surface area contributed by atoms with Gasteiger partial charge in [-0.15, -0.1) is 0 Å². The molecule has 1 atom stereocenters. The Kier molecular flexibility index (Phi) is 4.24. The van der Waals surface area contributed by atoms with Gasteiger partial charge in [-0.1, -0.05) is 6.07 Å². The number of hydrogen-bond acceptors (Lipinski definition) is 3. The number of aromatic nitrogens is 1. The van der Waals surface area contributed by atoms with E-state index in [1.165, 1.54) is 0 Å². The predicted octanol–water partition coefficient (Wildman–Crippen LogP) is 0.648. The highest BCUT2D eigenvalue weighted by molar-refractivity contribution is 5.80. The first-order valence-corrected chi connectivity index (χ1v) is 4.94. The summed E-state index contributed by atoms with van der Waals surface area (Å²) in [5, 5.41) is 3.15. The van der Waals surface area contributed by atoms with Gasteiger partial charge in [-0.3, -0.25) is 9.78 Å². The zero-order chi connectivity index (χ0) is 11.3. The molecule has 0 bridgehead atoms. The van der Waals surface area contributed by atoms with Gasteiger partial charge in [-0.05, 0) is 18.6 Å². The van der Waals surface area contributed by atoms with E-state index < -0.39 is 0 Å². The molecule has 1 N–H and O–H groups in total. The van der Waals surface area contributed by atoms with Crippen LogP contribution < -0.4 is 5.32 Å². The van der Waals surface area contributed by atoms with Crippen LogP contribution in [0.4, 0.5) is 0 Å². The lowest BCUT2D eigenvalue weighted by Gasteiger charge is -2.17. The molecule has 4 nitrogen and oxygen atoms in total. The third-order valence-corrected chi connectivity index (χ3v) is 2.15. The number of carbonyl (C=O) groups excluding carboxylic acids is 1. The van der Waals surface area contributed by atoms with Crippen LogP contribution in [-0.4, -0.2) is 35.9 Å². The predicted molar refractivity (Wildman–Crippen MR) is 59.2 cm³/mol. The third-order valence-electron chi connectivity index (χ3n) is 2.15. The Balaban J connectivity index is 2.41. The summed E-state index contributed by atoms with van der Waals surface area (Å²) in [6, 6.07) is 3.70. The first-order valence-electron chi connectivity index (χ1n) is 4.94. The summed E-state index contributed by atoms with van der Waals surface area (Å²) in [6.07, 6.45) is 3.53. The highest BCUT2D eigenvalue weighted by Crippen LogP contribution is 1.96. The SMILES string of the molecule is C[C@@H](NCc1cccnc1)C(=O)N(C)C. The van der Waals surface area contributed by atoms with Crippen LogP contribution in [0.5, 0.6) is 0 Å². The second kappa shape index (κ2) is 5.46. The van der Waals surface area contributed by atoms with Crippen LogP contribution >= 0.6 is 0 Å². The average molecular weight is 207 g/mol. The molecule has 0 aromatic carbocycles.